The third-order valence-corrected chi connectivity index (χ3v) is 4.81. The monoisotopic (exact) mass is 465 g/mol. The molecule has 0 saturated carbocycles. The topological polar surface area (TPSA) is 162 Å². The van der Waals surface area contributed by atoms with Gasteiger partial charge in [-0.15, -0.1) is 10.2 Å². The largest absolute Gasteiger partial charge is 1.00 e. The Morgan fingerprint density at radius 3 is 2.53 bits per heavy atom. The number of nitriles is 1. The van der Waals surface area contributed by atoms with Crippen molar-refractivity contribution in [2.45, 2.75) is 4.90 Å². The van der Waals surface area contributed by atoms with E-state index in [4.69, 9.17) is 9.47 Å². The third kappa shape index (κ3) is 5.92. The van der Waals surface area contributed by atoms with Crippen molar-refractivity contribution in [1.29, 1.82) is 5.26 Å². The van der Waals surface area contributed by atoms with E-state index in [9.17, 15) is 23.3 Å². The van der Waals surface area contributed by atoms with Crippen molar-refractivity contribution in [3.8, 4) is 23.4 Å². The quantitative estimate of drug-likeness (QED) is 0.202. The van der Waals surface area contributed by atoms with Crippen LogP contribution < -0.4 is 39.4 Å². The summed E-state index contributed by atoms with van der Waals surface area (Å²) in [5.41, 5.74) is -0.235. The number of azo groups is 1. The first kappa shape index (κ1) is 25.5. The molecule has 1 heterocycles. The van der Waals surface area contributed by atoms with E-state index in [-0.39, 0.29) is 65.6 Å². The molecule has 0 aliphatic carbocycles. The van der Waals surface area contributed by atoms with Crippen LogP contribution in [0.1, 0.15) is 5.69 Å². The number of hydrogen-bond acceptors (Lipinski definition) is 9. The van der Waals surface area contributed by atoms with Crippen LogP contribution in [0, 0.1) is 11.3 Å². The second-order valence-electron chi connectivity index (χ2n) is 6.01. The number of nitrogens with zero attached hydrogens (tertiary/aromatic N) is 5. The summed E-state index contributed by atoms with van der Waals surface area (Å²) in [5.74, 6) is -0.547. The van der Waals surface area contributed by atoms with Gasteiger partial charge in [0.15, 0.2) is 5.69 Å². The molecule has 11 nitrogen and oxygen atoms in total. The number of benzene rings is 2. The Bertz CT molecular complexity index is 1260. The Morgan fingerprint density at radius 2 is 1.91 bits per heavy atom. The van der Waals surface area contributed by atoms with Crippen molar-refractivity contribution in [3.63, 3.8) is 0 Å². The third-order valence-electron chi connectivity index (χ3n) is 3.96. The summed E-state index contributed by atoms with van der Waals surface area (Å²) in [6.07, 6.45) is 0. The van der Waals surface area contributed by atoms with Gasteiger partial charge in [-0.2, -0.15) is 18.8 Å². The summed E-state index contributed by atoms with van der Waals surface area (Å²) in [5, 5.41) is 33.7. The van der Waals surface area contributed by atoms with Crippen LogP contribution in [0.2, 0.25) is 0 Å². The van der Waals surface area contributed by atoms with E-state index in [0.29, 0.717) is 5.69 Å². The van der Waals surface area contributed by atoms with E-state index in [1.165, 1.54) is 13.2 Å². The van der Waals surface area contributed by atoms with Crippen LogP contribution in [0.5, 0.6) is 11.6 Å². The minimum absolute atomic E-state index is 0. The molecule has 1 aromatic heterocycles. The van der Waals surface area contributed by atoms with Crippen LogP contribution in [-0.4, -0.2) is 43.1 Å². The SMILES string of the molecule is COCCOc1ccc(S(=O)(=O)O)cc1N=Nc1c(C#N)nn(-c2ccccc2)c1[O-].[Na+]. The number of methoxy groups -OCH3 is 1. The molecule has 0 bridgehead atoms. The van der Waals surface area contributed by atoms with Crippen molar-refractivity contribution in [3.05, 3.63) is 54.2 Å². The van der Waals surface area contributed by atoms with Crippen LogP contribution in [0.15, 0.2) is 63.7 Å². The molecule has 0 aliphatic rings. The van der Waals surface area contributed by atoms with Gasteiger partial charge in [0.2, 0.25) is 0 Å². The number of ether oxygens (including phenoxy) is 2. The number of hydrogen-bond donors (Lipinski definition) is 1. The van der Waals surface area contributed by atoms with Gasteiger partial charge in [-0.3, -0.25) is 4.55 Å². The minimum atomic E-state index is -4.52. The summed E-state index contributed by atoms with van der Waals surface area (Å²) in [4.78, 5) is -0.441. The first-order valence-electron chi connectivity index (χ1n) is 8.75. The maximum absolute atomic E-state index is 12.7. The number of aromatic nitrogens is 2. The number of rotatable bonds is 8. The standard InChI is InChI=1S/C19H17N5O6S.Na/c1-29-9-10-30-17-8-7-14(31(26,27)28)11-15(17)21-22-18-16(12-20)23-24(19(18)25)13-5-3-2-4-6-13;/h2-8,11,25H,9-10H2,1H3,(H,26,27,28);/q;+1/p-1. The van der Waals surface area contributed by atoms with Gasteiger partial charge in [-0.1, -0.05) is 18.2 Å². The Labute approximate surface area is 206 Å². The molecule has 160 valence electrons. The first-order valence-corrected chi connectivity index (χ1v) is 10.2. The van der Waals surface area contributed by atoms with Gasteiger partial charge in [0.25, 0.3) is 10.1 Å². The van der Waals surface area contributed by atoms with Gasteiger partial charge in [0.05, 0.1) is 17.2 Å². The molecule has 0 unspecified atom stereocenters. The molecule has 3 aromatic rings. The Kier molecular flexibility index (Phi) is 8.90. The molecule has 0 saturated heterocycles. The van der Waals surface area contributed by atoms with Gasteiger partial charge in [-0.25, -0.2) is 4.68 Å². The molecule has 13 heteroatoms. The fraction of sp³-hybridized carbons (Fsp3) is 0.158. The van der Waals surface area contributed by atoms with E-state index in [1.807, 2.05) is 0 Å². The predicted molar refractivity (Wildman–Crippen MR) is 106 cm³/mol. The average Bonchev–Trinajstić information content (AvgIpc) is 3.08. The molecule has 0 spiro atoms. The van der Waals surface area contributed by atoms with Gasteiger partial charge in [0, 0.05) is 13.0 Å². The molecule has 0 atom stereocenters. The van der Waals surface area contributed by atoms with E-state index in [2.05, 4.69) is 15.3 Å². The molecule has 1 N–H and O–H groups in total. The zero-order chi connectivity index (χ0) is 22.4. The van der Waals surface area contributed by atoms with Crippen molar-refractivity contribution < 1.29 is 57.1 Å². The van der Waals surface area contributed by atoms with Crippen molar-refractivity contribution in [2.75, 3.05) is 20.3 Å². The maximum atomic E-state index is 12.7. The first-order chi connectivity index (χ1) is 14.8. The predicted octanol–water partition coefficient (Wildman–Crippen LogP) is -0.491. The molecule has 0 amide bonds. The van der Waals surface area contributed by atoms with Crippen molar-refractivity contribution >= 4 is 21.5 Å². The van der Waals surface area contributed by atoms with E-state index in [1.54, 1.807) is 36.4 Å². The molecule has 0 fully saturated rings. The summed E-state index contributed by atoms with van der Waals surface area (Å²) < 4.78 is 43.6. The van der Waals surface area contributed by atoms with Crippen LogP contribution in [0.3, 0.4) is 0 Å². The van der Waals surface area contributed by atoms with Crippen LogP contribution in [0.4, 0.5) is 11.4 Å². The molecule has 2 aromatic carbocycles. The maximum Gasteiger partial charge on any atom is 1.00 e. The van der Waals surface area contributed by atoms with E-state index in [0.717, 1.165) is 16.8 Å². The molecular formula is C19H16N5NaO6S. The van der Waals surface area contributed by atoms with Gasteiger partial charge >= 0.3 is 29.6 Å². The molecular weight excluding hydrogens is 449 g/mol. The second-order valence-corrected chi connectivity index (χ2v) is 7.43. The summed E-state index contributed by atoms with van der Waals surface area (Å²) in [6.45, 7) is 0.385. The Balaban J connectivity index is 0.00000363. The number of para-hydroxylation sites is 1. The molecule has 3 rings (SSSR count). The zero-order valence-corrected chi connectivity index (χ0v) is 20.0. The smallest absolute Gasteiger partial charge is 0.857 e. The second kappa shape index (κ2) is 11.2. The normalized spacial score (nSPS) is 11.2. The van der Waals surface area contributed by atoms with Crippen molar-refractivity contribution in [1.82, 2.24) is 9.78 Å². The minimum Gasteiger partial charge on any atom is -0.857 e. The fourth-order valence-corrected chi connectivity index (χ4v) is 3.00. The van der Waals surface area contributed by atoms with Crippen molar-refractivity contribution in [2.24, 2.45) is 10.2 Å². The molecule has 32 heavy (non-hydrogen) atoms. The van der Waals surface area contributed by atoms with Gasteiger partial charge in [0.1, 0.15) is 29.8 Å². The van der Waals surface area contributed by atoms with Crippen LogP contribution in [0.25, 0.3) is 5.69 Å². The Morgan fingerprint density at radius 1 is 1.19 bits per heavy atom. The molecule has 0 radical (unpaired) electrons. The molecule has 0 aliphatic heterocycles. The summed E-state index contributed by atoms with van der Waals surface area (Å²) >= 11 is 0. The Hall–Kier alpha value is -2.79. The van der Waals surface area contributed by atoms with Gasteiger partial charge in [-0.05, 0) is 30.3 Å². The van der Waals surface area contributed by atoms with E-state index >= 15 is 0 Å². The van der Waals surface area contributed by atoms with Gasteiger partial charge < -0.3 is 14.6 Å². The van der Waals surface area contributed by atoms with Crippen LogP contribution >= 0.6 is 0 Å². The van der Waals surface area contributed by atoms with Crippen LogP contribution in [-0.2, 0) is 14.9 Å². The zero-order valence-electron chi connectivity index (χ0n) is 17.2. The fourth-order valence-electron chi connectivity index (χ4n) is 2.50. The average molecular weight is 465 g/mol. The summed E-state index contributed by atoms with van der Waals surface area (Å²) in [7, 11) is -3.03. The summed E-state index contributed by atoms with van der Waals surface area (Å²) in [6, 6.07) is 13.7. The van der Waals surface area contributed by atoms with E-state index < -0.39 is 20.9 Å².